The van der Waals surface area contributed by atoms with Crippen molar-refractivity contribution < 1.29 is 486 Å². The number of hydrogen-bond donors (Lipinski definition) is 0. The van der Waals surface area contributed by atoms with Gasteiger partial charge >= 0.3 is 266 Å². The smallest absolute Gasteiger partial charge is 0.726 e. The zero-order chi connectivity index (χ0) is 70.8. The average Bonchev–Trinajstić information content (AvgIpc) is 1.62. The second kappa shape index (κ2) is 48.6. The molecular weight excluding hydrogens is 1670 g/mol. The third kappa shape index (κ3) is 32.8. The van der Waals surface area contributed by atoms with Gasteiger partial charge in [-0.3, -0.25) is 29.3 Å². The maximum Gasteiger partial charge on any atom is 1.00 e. The van der Waals surface area contributed by atoms with E-state index in [1.54, 1.807) is 0 Å². The Morgan fingerprint density at radius 3 is 1.00 bits per heavy atom. The van der Waals surface area contributed by atoms with Crippen LogP contribution >= 0.6 is 0 Å². The van der Waals surface area contributed by atoms with Gasteiger partial charge in [0.25, 0.3) is 0 Å². The molecule has 6 rings (SSSR count). The van der Waals surface area contributed by atoms with Gasteiger partial charge in [0.2, 0.25) is 72.8 Å². The fourth-order valence-corrected chi connectivity index (χ4v) is 13.4. The summed E-state index contributed by atoms with van der Waals surface area (Å²) in [5, 5.41) is 26.5. The summed E-state index contributed by atoms with van der Waals surface area (Å²) in [4.78, 5) is 26.5. The molecule has 6 saturated heterocycles. The van der Waals surface area contributed by atoms with Gasteiger partial charge in [0.05, 0.1) is 38.4 Å². The first-order valence-corrected chi connectivity index (χ1v) is 34.6. The van der Waals surface area contributed by atoms with E-state index in [0.29, 0.717) is 14.2 Å². The molecule has 0 N–H and O–H groups in total. The van der Waals surface area contributed by atoms with Crippen molar-refractivity contribution in [2.45, 2.75) is 153 Å². The maximum atomic E-state index is 13.5. The Balaban J connectivity index is -0.00000544. The van der Waals surface area contributed by atoms with E-state index in [1.165, 1.54) is 0 Å². The standard InChI is InChI=1S/C38H62O49S7.9Na/c1-64-15-12(8-72-88(43,44)45)76-33(25(67-4)18(15)65-2)80-20-19(66-3)26(68-5)34(81-24(20)31(39)40)78-16-14(10-74-90(49,50)51)77-35(29(87-94(61,62)63)22(16)85-92(55,56)57)82-30-23-27(69-6)36(83-38(30,11-71-23)37(41)42)79-17-13(9-73-89(46,47)48)75-32(70-7)28(86-93(58,59)60)21(17)84-91(52,53)54;;;;;;;;;/h12-30,32-36H,8-11H2,1-7H3,(H,39,40)(H,41,42)(H,43,44,45)(H,46,47,48)(H,49,50,51)(H,52,53,54)(H,55,56,57)(H,58,59,60)(H,61,62,63);;;;;;;;;/q;9*+1/p-9/t12-,13-,14-,15-,16-,17-,18+,19+,20+,21+,22+,23+,24+,25-,26-,27-,28-,29-,30+,32+,33-,34-,35-,36-,38-;;;;;;;;;/m1........./s1. The molecule has 0 amide bonds. The summed E-state index contributed by atoms with van der Waals surface area (Å²) >= 11 is 0. The van der Waals surface area contributed by atoms with Gasteiger partial charge in [0.1, 0.15) is 104 Å². The summed E-state index contributed by atoms with van der Waals surface area (Å²) in [6.45, 7) is -6.13. The van der Waals surface area contributed by atoms with Gasteiger partial charge in [-0.25, -0.2) is 58.9 Å². The number of carboxylic acid groups (broad SMARTS) is 2. The van der Waals surface area contributed by atoms with Crippen LogP contribution in [0.15, 0.2) is 0 Å². The Bertz CT molecular complexity index is 3460. The monoisotopic (exact) mass is 1720 g/mol. The minimum absolute atomic E-state index is 0. The van der Waals surface area contributed by atoms with Crippen molar-refractivity contribution in [3.63, 3.8) is 0 Å². The van der Waals surface area contributed by atoms with E-state index in [0.717, 1.165) is 35.5 Å². The number of rotatable bonds is 34. The van der Waals surface area contributed by atoms with Gasteiger partial charge in [0, 0.05) is 49.8 Å². The minimum Gasteiger partial charge on any atom is -0.726 e. The van der Waals surface area contributed by atoms with Crippen LogP contribution in [0.1, 0.15) is 0 Å². The summed E-state index contributed by atoms with van der Waals surface area (Å²) in [6, 6.07) is 0. The Morgan fingerprint density at radius 2 is 0.660 bits per heavy atom. The molecule has 0 aromatic rings. The van der Waals surface area contributed by atoms with Crippen LogP contribution < -0.4 is 276 Å². The van der Waals surface area contributed by atoms with Crippen LogP contribution in [-0.2, 0) is 192 Å². The zero-order valence-corrected chi connectivity index (χ0v) is 80.8. The van der Waals surface area contributed by atoms with Gasteiger partial charge in [-0.1, -0.05) is 0 Å². The molecule has 0 saturated carbocycles. The molecule has 49 nitrogen and oxygen atoms in total. The average molecular weight is 1730 g/mol. The van der Waals surface area contributed by atoms with Crippen molar-refractivity contribution in [2.75, 3.05) is 76.2 Å². The fourth-order valence-electron chi connectivity index (χ4n) is 10.6. The third-order valence-electron chi connectivity index (χ3n) is 14.1. The Morgan fingerprint density at radius 1 is 0.350 bits per heavy atom. The number of fused-ring (bicyclic) bond motifs is 2. The Labute approximate surface area is 787 Å². The minimum atomic E-state index is -6.51. The molecule has 2 bridgehead atoms. The summed E-state index contributed by atoms with van der Waals surface area (Å²) < 4.78 is 378. The van der Waals surface area contributed by atoms with Crippen molar-refractivity contribution in [3.8, 4) is 0 Å². The number of methoxy groups -OCH3 is 7. The zero-order valence-electron chi connectivity index (χ0n) is 57.0. The first kappa shape index (κ1) is 116. The maximum absolute atomic E-state index is 13.5. The number of carbonyl (C=O) groups is 2. The molecule has 0 aliphatic carbocycles. The van der Waals surface area contributed by atoms with Gasteiger partial charge in [-0.15, -0.1) is 0 Å². The molecule has 0 aromatic heterocycles. The van der Waals surface area contributed by atoms with Crippen LogP contribution in [0.5, 0.6) is 0 Å². The predicted octanol–water partition coefficient (Wildman–Crippen LogP) is -40.0. The van der Waals surface area contributed by atoms with E-state index in [9.17, 15) is 111 Å². The molecule has 6 aliphatic heterocycles. The fraction of sp³-hybridized carbons (Fsp3) is 0.947. The normalized spacial score (nSPS) is 35.5. The SMILES string of the molecule is CO[C@H]1O[C@H](COS(=O)(=O)[O-])[C@@H](O[C@@H]2O[C@]3(C(=O)[O-])CO[C@@H]([C@H]2OC)[C@@H]3O[C@H]2O[C@H](COS(=O)(=O)[O-])[C@@H](O[C@@H]3O[C@H](C(=O)[O-])[C@@H](O[C@H]4O[C@H](COS(=O)(=O)[O-])[C@@H](OC)[C@H](OC)[C@H]4OC)[C@H](OC)[C@H]3OC)[C@H](OS(=O)(=O)[O-])[C@H]2OS(=O)(=O)[O-])[C@H](OS(=O)(=O)[O-])[C@H]1OS(=O)(=O)[O-].[Na+].[Na+].[Na+].[Na+].[Na+].[Na+].[Na+].[Na+].[Na+]. The molecule has 0 unspecified atom stereocenters. The van der Waals surface area contributed by atoms with Crippen molar-refractivity contribution in [3.05, 3.63) is 0 Å². The second-order valence-corrected chi connectivity index (χ2v) is 26.8. The van der Waals surface area contributed by atoms with Crippen LogP contribution in [0.4, 0.5) is 0 Å². The number of carboxylic acids is 2. The third-order valence-corrected chi connectivity index (χ3v) is 17.2. The van der Waals surface area contributed by atoms with E-state index in [2.05, 4.69) is 29.3 Å². The van der Waals surface area contributed by atoms with Crippen LogP contribution in [0.3, 0.4) is 0 Å². The van der Waals surface area contributed by atoms with E-state index < -0.39 is 264 Å². The molecule has 0 radical (unpaired) electrons. The van der Waals surface area contributed by atoms with Gasteiger partial charge < -0.3 is 132 Å². The topological polar surface area (TPSA) is 702 Å². The first-order valence-electron chi connectivity index (χ1n) is 25.3. The molecule has 6 heterocycles. The van der Waals surface area contributed by atoms with E-state index in [-0.39, 0.29) is 266 Å². The molecular formula is C38H53Na9O49S7. The summed E-state index contributed by atoms with van der Waals surface area (Å²) in [5.41, 5.74) is -3.49. The van der Waals surface area contributed by atoms with Crippen molar-refractivity contribution >= 4 is 84.7 Å². The Kier molecular flexibility index (Phi) is 54.5. The predicted molar refractivity (Wildman–Crippen MR) is 259 cm³/mol. The van der Waals surface area contributed by atoms with Crippen LogP contribution in [0.25, 0.3) is 0 Å². The van der Waals surface area contributed by atoms with Crippen LogP contribution in [-0.4, -0.2) is 332 Å². The molecule has 65 heteroatoms. The molecule has 103 heavy (non-hydrogen) atoms. The molecule has 0 spiro atoms. The van der Waals surface area contributed by atoms with Gasteiger partial charge in [0.15, 0.2) is 49.3 Å². The summed E-state index contributed by atoms with van der Waals surface area (Å²) in [7, 11) is -36.5. The summed E-state index contributed by atoms with van der Waals surface area (Å²) in [6.07, 6.45) is -58.5. The summed E-state index contributed by atoms with van der Waals surface area (Å²) in [5.74, 6) is -4.88. The van der Waals surface area contributed by atoms with Crippen LogP contribution in [0.2, 0.25) is 0 Å². The first-order chi connectivity index (χ1) is 43.2. The van der Waals surface area contributed by atoms with Gasteiger partial charge in [-0.2, -0.15) is 0 Å². The van der Waals surface area contributed by atoms with Crippen LogP contribution in [0, 0.1) is 0 Å². The van der Waals surface area contributed by atoms with Crippen molar-refractivity contribution in [2.24, 2.45) is 0 Å². The molecule has 0 aromatic carbocycles. The molecule has 550 valence electrons. The molecule has 25 atom stereocenters. The van der Waals surface area contributed by atoms with E-state index >= 15 is 0 Å². The molecule has 6 fully saturated rings. The largest absolute Gasteiger partial charge is 1.00 e. The number of carbonyl (C=O) groups excluding carboxylic acids is 2. The van der Waals surface area contributed by atoms with E-state index in [4.69, 9.17) is 80.5 Å². The quantitative estimate of drug-likeness (QED) is 0.0328. The van der Waals surface area contributed by atoms with Gasteiger partial charge in [-0.05, 0) is 0 Å². The molecule has 6 aliphatic rings. The van der Waals surface area contributed by atoms with Crippen molar-refractivity contribution in [1.29, 1.82) is 0 Å². The second-order valence-electron chi connectivity index (χ2n) is 19.6. The number of hydrogen-bond acceptors (Lipinski definition) is 49. The number of aliphatic carboxylic acids is 2. The van der Waals surface area contributed by atoms with Crippen molar-refractivity contribution in [1.82, 2.24) is 0 Å². The van der Waals surface area contributed by atoms with E-state index in [1.807, 2.05) is 0 Å². The Hall–Kier alpha value is 6.35. The number of ether oxygens (including phenoxy) is 17.